The van der Waals surface area contributed by atoms with Gasteiger partial charge in [0.2, 0.25) is 0 Å². The molecule has 1 unspecified atom stereocenters. The minimum absolute atomic E-state index is 0.0113. The third-order valence-electron chi connectivity index (χ3n) is 5.65. The topological polar surface area (TPSA) is 29.5 Å². The fourth-order valence-electron chi connectivity index (χ4n) is 2.69. The highest BCUT2D eigenvalue weighted by molar-refractivity contribution is 5.77. The Balaban J connectivity index is 0. The third kappa shape index (κ3) is 8.50. The van der Waals surface area contributed by atoms with E-state index in [0.29, 0.717) is 6.61 Å². The molecule has 146 valence electrons. The van der Waals surface area contributed by atoms with Crippen LogP contribution in [0.5, 0.6) is 0 Å². The molecule has 0 spiro atoms. The molecule has 24 heavy (non-hydrogen) atoms. The van der Waals surface area contributed by atoms with Crippen molar-refractivity contribution in [3.8, 4) is 0 Å². The lowest BCUT2D eigenvalue weighted by atomic mass is 9.60. The molecule has 0 aliphatic rings. The van der Waals surface area contributed by atoms with Gasteiger partial charge in [0.1, 0.15) is 6.61 Å². The predicted molar refractivity (Wildman–Crippen MR) is 106 cm³/mol. The fourth-order valence-corrected chi connectivity index (χ4v) is 2.69. The van der Waals surface area contributed by atoms with Crippen LogP contribution in [0.25, 0.3) is 0 Å². The first kappa shape index (κ1) is 25.7. The monoisotopic (exact) mass is 343 g/mol. The summed E-state index contributed by atoms with van der Waals surface area (Å²) < 4.78 is 5.58. The number of likely N-dealkylation sites (N-methyl/N-ethyl adjacent to an activating group) is 1. The summed E-state index contributed by atoms with van der Waals surface area (Å²) in [6, 6.07) is 0. The lowest BCUT2D eigenvalue weighted by Gasteiger charge is -2.44. The van der Waals surface area contributed by atoms with Crippen LogP contribution in [-0.2, 0) is 9.53 Å². The van der Waals surface area contributed by atoms with Crippen molar-refractivity contribution < 1.29 is 9.53 Å². The second-order valence-corrected chi connectivity index (χ2v) is 7.64. The third-order valence-corrected chi connectivity index (χ3v) is 5.65. The summed E-state index contributed by atoms with van der Waals surface area (Å²) in [7, 11) is 3.98. The second-order valence-electron chi connectivity index (χ2n) is 7.64. The first-order valence-electron chi connectivity index (χ1n) is 10.0. The van der Waals surface area contributed by atoms with Gasteiger partial charge in [-0.25, -0.2) is 0 Å². The van der Waals surface area contributed by atoms with Gasteiger partial charge in [-0.1, -0.05) is 67.2 Å². The summed E-state index contributed by atoms with van der Waals surface area (Å²) in [4.78, 5) is 14.7. The standard InChI is InChI=1S/C17H35NO2.C4H10/c1-8-11-12-17(5,16(4,9-2)10-3)15(19)20-14-13-18(6)7;1-3-4-2/h8-14H2,1-7H3;3-4H2,1-2H3. The summed E-state index contributed by atoms with van der Waals surface area (Å²) in [5.74, 6) is -0.0148. The van der Waals surface area contributed by atoms with Gasteiger partial charge in [-0.3, -0.25) is 4.79 Å². The molecule has 0 amide bonds. The molecule has 0 heterocycles. The van der Waals surface area contributed by atoms with Crippen LogP contribution >= 0.6 is 0 Å². The quantitative estimate of drug-likeness (QED) is 0.436. The maximum Gasteiger partial charge on any atom is 0.312 e. The van der Waals surface area contributed by atoms with E-state index < -0.39 is 0 Å². The number of carbonyl (C=O) groups is 1. The van der Waals surface area contributed by atoms with Crippen LogP contribution < -0.4 is 0 Å². The molecule has 3 nitrogen and oxygen atoms in total. The molecule has 0 saturated carbocycles. The van der Waals surface area contributed by atoms with Crippen LogP contribution in [0, 0.1) is 10.8 Å². The van der Waals surface area contributed by atoms with E-state index in [2.05, 4.69) is 48.5 Å². The first-order chi connectivity index (χ1) is 11.2. The van der Waals surface area contributed by atoms with Crippen molar-refractivity contribution in [1.29, 1.82) is 0 Å². The Bertz CT molecular complexity index is 309. The van der Waals surface area contributed by atoms with Crippen molar-refractivity contribution in [2.75, 3.05) is 27.2 Å². The van der Waals surface area contributed by atoms with E-state index >= 15 is 0 Å². The highest BCUT2D eigenvalue weighted by atomic mass is 16.5. The Hall–Kier alpha value is -0.570. The van der Waals surface area contributed by atoms with Crippen LogP contribution in [0.4, 0.5) is 0 Å². The van der Waals surface area contributed by atoms with Crippen molar-refractivity contribution in [2.24, 2.45) is 10.8 Å². The maximum absolute atomic E-state index is 12.7. The summed E-state index contributed by atoms with van der Waals surface area (Å²) in [6.45, 7) is 16.5. The summed E-state index contributed by atoms with van der Waals surface area (Å²) in [5, 5.41) is 0. The molecule has 0 aromatic rings. The van der Waals surface area contributed by atoms with Crippen molar-refractivity contribution in [3.63, 3.8) is 0 Å². The van der Waals surface area contributed by atoms with Gasteiger partial charge in [-0.15, -0.1) is 0 Å². The summed E-state index contributed by atoms with van der Waals surface area (Å²) >= 11 is 0. The average Bonchev–Trinajstić information content (AvgIpc) is 2.58. The van der Waals surface area contributed by atoms with Crippen molar-refractivity contribution in [1.82, 2.24) is 4.90 Å². The second kappa shape index (κ2) is 13.7. The fraction of sp³-hybridized carbons (Fsp3) is 0.952. The van der Waals surface area contributed by atoms with Gasteiger partial charge in [-0.2, -0.15) is 0 Å². The van der Waals surface area contributed by atoms with Gasteiger partial charge in [0.15, 0.2) is 0 Å². The highest BCUT2D eigenvalue weighted by Crippen LogP contribution is 2.48. The molecule has 0 saturated heterocycles. The zero-order chi connectivity index (χ0) is 19.2. The van der Waals surface area contributed by atoms with Crippen LogP contribution in [-0.4, -0.2) is 38.1 Å². The van der Waals surface area contributed by atoms with Crippen molar-refractivity contribution >= 4 is 5.97 Å². The molecule has 0 aromatic heterocycles. The Morgan fingerprint density at radius 3 is 1.75 bits per heavy atom. The van der Waals surface area contributed by atoms with Crippen LogP contribution in [0.1, 0.15) is 93.4 Å². The van der Waals surface area contributed by atoms with Crippen LogP contribution in [0.3, 0.4) is 0 Å². The molecule has 0 aromatic carbocycles. The number of unbranched alkanes of at least 4 members (excludes halogenated alkanes) is 2. The zero-order valence-electron chi connectivity index (χ0n) is 18.1. The van der Waals surface area contributed by atoms with E-state index in [1.807, 2.05) is 19.0 Å². The van der Waals surface area contributed by atoms with Crippen molar-refractivity contribution in [3.05, 3.63) is 0 Å². The average molecular weight is 344 g/mol. The molecule has 3 heteroatoms. The van der Waals surface area contributed by atoms with Gasteiger partial charge in [0.05, 0.1) is 5.41 Å². The SMILES string of the molecule is CCCC.CCCCC(C)(C(=O)OCCN(C)C)C(C)(CC)CC. The lowest BCUT2D eigenvalue weighted by molar-refractivity contribution is -0.165. The highest BCUT2D eigenvalue weighted by Gasteiger charge is 2.48. The van der Waals surface area contributed by atoms with Crippen molar-refractivity contribution in [2.45, 2.75) is 93.4 Å². The molecule has 0 radical (unpaired) electrons. The molecular formula is C21H45NO2. The Labute approximate surface area is 152 Å². The van der Waals surface area contributed by atoms with Crippen LogP contribution in [0.2, 0.25) is 0 Å². The van der Waals surface area contributed by atoms with E-state index in [0.717, 1.165) is 38.6 Å². The normalized spacial score (nSPS) is 13.9. The van der Waals surface area contributed by atoms with E-state index in [9.17, 15) is 4.79 Å². The molecule has 0 fully saturated rings. The minimum Gasteiger partial charge on any atom is -0.464 e. The van der Waals surface area contributed by atoms with E-state index in [-0.39, 0.29) is 16.8 Å². The van der Waals surface area contributed by atoms with E-state index in [1.165, 1.54) is 12.8 Å². The molecule has 0 aliphatic heterocycles. The predicted octanol–water partition coefficient (Wildman–Crippen LogP) is 5.92. The number of esters is 1. The summed E-state index contributed by atoms with van der Waals surface area (Å²) in [6.07, 6.45) is 7.76. The number of rotatable bonds is 11. The van der Waals surface area contributed by atoms with Gasteiger partial charge >= 0.3 is 5.97 Å². The number of ether oxygens (including phenoxy) is 1. The van der Waals surface area contributed by atoms with E-state index in [1.54, 1.807) is 0 Å². The summed E-state index contributed by atoms with van der Waals surface area (Å²) in [5.41, 5.74) is -0.365. The maximum atomic E-state index is 12.7. The van der Waals surface area contributed by atoms with Gasteiger partial charge in [0, 0.05) is 6.54 Å². The van der Waals surface area contributed by atoms with Gasteiger partial charge in [-0.05, 0) is 45.7 Å². The van der Waals surface area contributed by atoms with E-state index in [4.69, 9.17) is 4.74 Å². The smallest absolute Gasteiger partial charge is 0.312 e. The lowest BCUT2D eigenvalue weighted by Crippen LogP contribution is -2.45. The zero-order valence-corrected chi connectivity index (χ0v) is 18.1. The Morgan fingerprint density at radius 2 is 1.42 bits per heavy atom. The number of nitrogens with zero attached hydrogens (tertiary/aromatic N) is 1. The molecule has 0 N–H and O–H groups in total. The largest absolute Gasteiger partial charge is 0.464 e. The Morgan fingerprint density at radius 1 is 0.917 bits per heavy atom. The molecule has 1 atom stereocenters. The molecule has 0 aliphatic carbocycles. The Kier molecular flexibility index (Phi) is 14.6. The minimum atomic E-state index is -0.376. The molecule has 0 bridgehead atoms. The van der Waals surface area contributed by atoms with Crippen LogP contribution in [0.15, 0.2) is 0 Å². The number of carbonyl (C=O) groups excluding carboxylic acids is 1. The first-order valence-corrected chi connectivity index (χ1v) is 10.0. The number of hydrogen-bond acceptors (Lipinski definition) is 3. The molecular weight excluding hydrogens is 298 g/mol. The van der Waals surface area contributed by atoms with Gasteiger partial charge < -0.3 is 9.64 Å². The van der Waals surface area contributed by atoms with Gasteiger partial charge in [0.25, 0.3) is 0 Å². The number of hydrogen-bond donors (Lipinski definition) is 0. The molecule has 0 rings (SSSR count).